The molecule has 0 unspecified atom stereocenters. The van der Waals surface area contributed by atoms with E-state index in [9.17, 15) is 13.2 Å². The molecule has 0 saturated heterocycles. The lowest BCUT2D eigenvalue weighted by molar-refractivity contribution is -0.116. The maximum atomic E-state index is 13.2. The number of carbonyl (C=O) groups is 1. The van der Waals surface area contributed by atoms with Crippen LogP contribution in [0.2, 0.25) is 0 Å². The first-order chi connectivity index (χ1) is 12.5. The average Bonchev–Trinajstić information content (AvgIpc) is 2.64. The van der Waals surface area contributed by atoms with E-state index in [1.165, 1.54) is 12.1 Å². The van der Waals surface area contributed by atoms with Crippen LogP contribution in [0.15, 0.2) is 89.8 Å². The van der Waals surface area contributed by atoms with Gasteiger partial charge in [-0.25, -0.2) is 12.7 Å². The highest BCUT2D eigenvalue weighted by molar-refractivity contribution is 7.93. The molecule has 0 aliphatic heterocycles. The van der Waals surface area contributed by atoms with Crippen molar-refractivity contribution in [3.63, 3.8) is 0 Å². The quantitative estimate of drug-likeness (QED) is 0.688. The third kappa shape index (κ3) is 3.83. The van der Waals surface area contributed by atoms with Crippen molar-refractivity contribution in [2.75, 3.05) is 4.31 Å². The van der Waals surface area contributed by atoms with Gasteiger partial charge >= 0.3 is 0 Å². The second-order valence-corrected chi connectivity index (χ2v) is 7.76. The molecule has 3 aromatic carbocycles. The molecule has 0 heterocycles. The topological polar surface area (TPSA) is 54.5 Å². The molecule has 4 nitrogen and oxygen atoms in total. The number of para-hydroxylation sites is 1. The predicted molar refractivity (Wildman–Crippen MR) is 102 cm³/mol. The van der Waals surface area contributed by atoms with Crippen molar-refractivity contribution >= 4 is 21.6 Å². The summed E-state index contributed by atoms with van der Waals surface area (Å²) < 4.78 is 27.3. The van der Waals surface area contributed by atoms with Crippen molar-refractivity contribution in [3.8, 4) is 0 Å². The van der Waals surface area contributed by atoms with Crippen LogP contribution >= 0.6 is 0 Å². The molecule has 1 amide bonds. The number of amides is 1. The summed E-state index contributed by atoms with van der Waals surface area (Å²) in [4.78, 5) is 13.0. The fourth-order valence-electron chi connectivity index (χ4n) is 2.64. The van der Waals surface area contributed by atoms with Crippen molar-refractivity contribution in [2.24, 2.45) is 0 Å². The normalized spacial score (nSPS) is 11.1. The Labute approximate surface area is 153 Å². The van der Waals surface area contributed by atoms with Crippen LogP contribution in [0.3, 0.4) is 0 Å². The molecule has 0 fully saturated rings. The van der Waals surface area contributed by atoms with E-state index in [1.807, 2.05) is 25.1 Å². The molecule has 3 aromatic rings. The summed E-state index contributed by atoms with van der Waals surface area (Å²) in [6, 6.07) is 24.0. The van der Waals surface area contributed by atoms with Gasteiger partial charge in [-0.1, -0.05) is 66.2 Å². The minimum Gasteiger partial charge on any atom is -0.273 e. The second-order valence-electron chi connectivity index (χ2n) is 5.97. The fraction of sp³-hybridized carbons (Fsp3) is 0.0952. The first-order valence-corrected chi connectivity index (χ1v) is 9.66. The summed E-state index contributed by atoms with van der Waals surface area (Å²) in [5.41, 5.74) is 2.04. The molecule has 0 bridgehead atoms. The Kier molecular flexibility index (Phi) is 5.19. The molecule has 0 atom stereocenters. The van der Waals surface area contributed by atoms with Gasteiger partial charge in [0.15, 0.2) is 0 Å². The van der Waals surface area contributed by atoms with E-state index in [4.69, 9.17) is 0 Å². The van der Waals surface area contributed by atoms with Crippen molar-refractivity contribution in [1.82, 2.24) is 0 Å². The minimum absolute atomic E-state index is 0.000819. The summed E-state index contributed by atoms with van der Waals surface area (Å²) in [5, 5.41) is 0. The fourth-order valence-corrected chi connectivity index (χ4v) is 4.06. The SMILES string of the molecule is Cc1ccc(S(=O)(=O)N(C(=O)Cc2ccccc2)c2ccccc2)cc1. The van der Waals surface area contributed by atoms with Gasteiger partial charge in [-0.05, 0) is 36.8 Å². The lowest BCUT2D eigenvalue weighted by Crippen LogP contribution is -2.38. The van der Waals surface area contributed by atoms with Gasteiger partial charge in [-0.2, -0.15) is 0 Å². The summed E-state index contributed by atoms with van der Waals surface area (Å²) >= 11 is 0. The predicted octanol–water partition coefficient (Wildman–Crippen LogP) is 3.96. The van der Waals surface area contributed by atoms with Crippen molar-refractivity contribution in [1.29, 1.82) is 0 Å². The van der Waals surface area contributed by atoms with Crippen molar-refractivity contribution in [3.05, 3.63) is 96.1 Å². The van der Waals surface area contributed by atoms with Crippen LogP contribution in [0, 0.1) is 6.92 Å². The third-order valence-electron chi connectivity index (χ3n) is 3.97. The zero-order chi connectivity index (χ0) is 18.6. The number of hydrogen-bond acceptors (Lipinski definition) is 3. The lowest BCUT2D eigenvalue weighted by Gasteiger charge is -2.23. The van der Waals surface area contributed by atoms with Gasteiger partial charge in [0, 0.05) is 0 Å². The third-order valence-corrected chi connectivity index (χ3v) is 5.74. The van der Waals surface area contributed by atoms with Gasteiger partial charge in [-0.15, -0.1) is 0 Å². The van der Waals surface area contributed by atoms with Crippen molar-refractivity contribution < 1.29 is 13.2 Å². The van der Waals surface area contributed by atoms with Gasteiger partial charge in [-0.3, -0.25) is 4.79 Å². The summed E-state index contributed by atoms with van der Waals surface area (Å²) in [6.07, 6.45) is 0.000819. The van der Waals surface area contributed by atoms with E-state index in [2.05, 4.69) is 0 Å². The summed E-state index contributed by atoms with van der Waals surface area (Å²) in [5.74, 6) is -0.497. The molecular formula is C21H19NO3S. The number of anilines is 1. The molecule has 132 valence electrons. The van der Waals surface area contributed by atoms with Crippen molar-refractivity contribution in [2.45, 2.75) is 18.2 Å². The minimum atomic E-state index is -4.01. The molecule has 0 N–H and O–H groups in total. The number of carbonyl (C=O) groups excluding carboxylic acids is 1. The molecule has 0 spiro atoms. The number of benzene rings is 3. The Morgan fingerprint density at radius 3 is 1.92 bits per heavy atom. The molecule has 0 radical (unpaired) electrons. The van der Waals surface area contributed by atoms with Crippen LogP contribution in [0.4, 0.5) is 5.69 Å². The van der Waals surface area contributed by atoms with Crippen LogP contribution in [-0.4, -0.2) is 14.3 Å². The van der Waals surface area contributed by atoms with Gasteiger partial charge in [0.2, 0.25) is 5.91 Å². The Hall–Kier alpha value is -2.92. The van der Waals surface area contributed by atoms with Crippen LogP contribution in [-0.2, 0) is 21.2 Å². The largest absolute Gasteiger partial charge is 0.273 e. The molecule has 26 heavy (non-hydrogen) atoms. The first-order valence-electron chi connectivity index (χ1n) is 8.22. The van der Waals surface area contributed by atoms with Gasteiger partial charge in [0.25, 0.3) is 10.0 Å². The standard InChI is InChI=1S/C21H19NO3S/c1-17-12-14-20(15-13-17)26(24,25)22(19-10-6-3-7-11-19)21(23)16-18-8-4-2-5-9-18/h2-15H,16H2,1H3. The maximum absolute atomic E-state index is 13.2. The molecule has 0 saturated carbocycles. The smallest absolute Gasteiger partial charge is 0.270 e. The number of hydrogen-bond donors (Lipinski definition) is 0. The highest BCUT2D eigenvalue weighted by Crippen LogP contribution is 2.25. The summed E-state index contributed by atoms with van der Waals surface area (Å²) in [6.45, 7) is 1.88. The Balaban J connectivity index is 2.03. The van der Waals surface area contributed by atoms with Gasteiger partial charge in [0.05, 0.1) is 17.0 Å². The monoisotopic (exact) mass is 365 g/mol. The molecule has 3 rings (SSSR count). The zero-order valence-electron chi connectivity index (χ0n) is 14.4. The highest BCUT2D eigenvalue weighted by atomic mass is 32.2. The Bertz CT molecular complexity index is 982. The molecule has 0 aromatic heterocycles. The lowest BCUT2D eigenvalue weighted by atomic mass is 10.1. The van der Waals surface area contributed by atoms with E-state index in [-0.39, 0.29) is 11.3 Å². The number of rotatable bonds is 5. The van der Waals surface area contributed by atoms with Gasteiger partial charge in [0.1, 0.15) is 0 Å². The van der Waals surface area contributed by atoms with E-state index < -0.39 is 15.9 Å². The van der Waals surface area contributed by atoms with Crippen LogP contribution < -0.4 is 4.31 Å². The maximum Gasteiger partial charge on any atom is 0.270 e. The second kappa shape index (κ2) is 7.54. The Morgan fingerprint density at radius 2 is 1.35 bits per heavy atom. The van der Waals surface area contributed by atoms with Crippen LogP contribution in [0.1, 0.15) is 11.1 Å². The molecule has 0 aliphatic rings. The van der Waals surface area contributed by atoms with E-state index >= 15 is 0 Å². The molecular weight excluding hydrogens is 346 g/mol. The zero-order valence-corrected chi connectivity index (χ0v) is 15.2. The molecule has 0 aliphatic carbocycles. The first kappa shape index (κ1) is 17.9. The van der Waals surface area contributed by atoms with Crippen LogP contribution in [0.25, 0.3) is 0 Å². The van der Waals surface area contributed by atoms with E-state index in [0.717, 1.165) is 15.4 Å². The number of aryl methyl sites for hydroxylation is 1. The number of nitrogens with zero attached hydrogens (tertiary/aromatic N) is 1. The average molecular weight is 365 g/mol. The number of sulfonamides is 1. The highest BCUT2D eigenvalue weighted by Gasteiger charge is 2.30. The molecule has 5 heteroatoms. The van der Waals surface area contributed by atoms with E-state index in [0.29, 0.717) is 5.69 Å². The van der Waals surface area contributed by atoms with Gasteiger partial charge < -0.3 is 0 Å². The van der Waals surface area contributed by atoms with Crippen LogP contribution in [0.5, 0.6) is 0 Å². The Morgan fingerprint density at radius 1 is 0.808 bits per heavy atom. The van der Waals surface area contributed by atoms with E-state index in [1.54, 1.807) is 54.6 Å². The summed E-state index contributed by atoms with van der Waals surface area (Å²) in [7, 11) is -4.01.